The fraction of sp³-hybridized carbons (Fsp3) is 0.286. The van der Waals surface area contributed by atoms with Gasteiger partial charge in [0, 0.05) is 9.37 Å². The number of aromatic nitrogens is 2. The lowest BCUT2D eigenvalue weighted by atomic mass is 10.1. The van der Waals surface area contributed by atoms with E-state index in [0.29, 0.717) is 17.5 Å². The molecule has 0 bridgehead atoms. The Morgan fingerprint density at radius 3 is 2.65 bits per heavy atom. The Labute approximate surface area is 140 Å². The molecule has 2 N–H and O–H groups in total. The monoisotopic (exact) mass is 415 g/mol. The average Bonchev–Trinajstić information content (AvgIpc) is 2.39. The smallest absolute Gasteiger partial charge is 0.141 e. The van der Waals surface area contributed by atoms with Crippen LogP contribution in [-0.4, -0.2) is 9.97 Å². The molecule has 0 fully saturated rings. The van der Waals surface area contributed by atoms with Gasteiger partial charge in [0.15, 0.2) is 0 Å². The summed E-state index contributed by atoms with van der Waals surface area (Å²) < 4.78 is 1.88. The first-order valence-corrected chi connectivity index (χ1v) is 8.74. The molecule has 1 aromatic carbocycles. The summed E-state index contributed by atoms with van der Waals surface area (Å²) in [5, 5.41) is 0. The van der Waals surface area contributed by atoms with Gasteiger partial charge in [0.1, 0.15) is 11.6 Å². The van der Waals surface area contributed by atoms with Gasteiger partial charge in [-0.15, -0.1) is 11.8 Å². The molecule has 2 aromatic rings. The van der Waals surface area contributed by atoms with Gasteiger partial charge in [0.25, 0.3) is 0 Å². The maximum Gasteiger partial charge on any atom is 0.141 e. The van der Waals surface area contributed by atoms with Crippen LogP contribution in [0.1, 0.15) is 31.3 Å². The minimum Gasteiger partial charge on any atom is -0.383 e. The van der Waals surface area contributed by atoms with Crippen LogP contribution in [0.25, 0.3) is 0 Å². The predicted molar refractivity (Wildman–Crippen MR) is 91.9 cm³/mol. The molecule has 0 saturated heterocycles. The third-order valence-electron chi connectivity index (χ3n) is 2.66. The van der Waals surface area contributed by atoms with Crippen molar-refractivity contribution in [2.45, 2.75) is 30.4 Å². The van der Waals surface area contributed by atoms with Gasteiger partial charge in [-0.1, -0.05) is 35.8 Å². The number of benzene rings is 1. The summed E-state index contributed by atoms with van der Waals surface area (Å²) in [6.45, 7) is 4.19. The number of hydrogen-bond donors (Lipinski definition) is 1. The highest BCUT2D eigenvalue weighted by atomic mass is 79.9. The summed E-state index contributed by atoms with van der Waals surface area (Å²) >= 11 is 8.62. The molecule has 0 saturated carbocycles. The van der Waals surface area contributed by atoms with E-state index >= 15 is 0 Å². The van der Waals surface area contributed by atoms with Crippen LogP contribution in [0.2, 0.25) is 0 Å². The summed E-state index contributed by atoms with van der Waals surface area (Å²) in [5.74, 6) is 2.28. The van der Waals surface area contributed by atoms with Crippen molar-refractivity contribution in [2.75, 3.05) is 5.73 Å². The summed E-state index contributed by atoms with van der Waals surface area (Å²) in [5.41, 5.74) is 6.90. The first kappa shape index (κ1) is 15.8. The molecule has 0 aliphatic rings. The van der Waals surface area contributed by atoms with Crippen LogP contribution in [0.4, 0.5) is 5.82 Å². The van der Waals surface area contributed by atoms with Gasteiger partial charge in [0.05, 0.1) is 15.9 Å². The van der Waals surface area contributed by atoms with Crippen molar-refractivity contribution in [2.24, 2.45) is 0 Å². The quantitative estimate of drug-likeness (QED) is 0.712. The average molecular weight is 417 g/mol. The number of halogens is 2. The zero-order valence-electron chi connectivity index (χ0n) is 11.2. The van der Waals surface area contributed by atoms with E-state index in [1.807, 2.05) is 12.1 Å². The van der Waals surface area contributed by atoms with Gasteiger partial charge in [-0.25, -0.2) is 9.97 Å². The van der Waals surface area contributed by atoms with Crippen LogP contribution in [-0.2, 0) is 5.75 Å². The Morgan fingerprint density at radius 1 is 1.25 bits per heavy atom. The SMILES string of the molecule is CC(C)c1nc(CSc2cccc(Br)c2)nc(N)c1Br. The van der Waals surface area contributed by atoms with Crippen molar-refractivity contribution in [3.63, 3.8) is 0 Å². The predicted octanol–water partition coefficient (Wildman–Crippen LogP) is 5.00. The lowest BCUT2D eigenvalue weighted by Crippen LogP contribution is -2.06. The molecule has 0 aliphatic carbocycles. The molecule has 1 aromatic heterocycles. The van der Waals surface area contributed by atoms with E-state index in [2.05, 4.69) is 67.8 Å². The molecule has 0 spiro atoms. The molecule has 0 amide bonds. The van der Waals surface area contributed by atoms with E-state index in [1.54, 1.807) is 11.8 Å². The molecular weight excluding hydrogens is 402 g/mol. The zero-order chi connectivity index (χ0) is 14.7. The van der Waals surface area contributed by atoms with Gasteiger partial charge in [0.2, 0.25) is 0 Å². The Kier molecular flexibility index (Phi) is 5.46. The molecule has 0 atom stereocenters. The van der Waals surface area contributed by atoms with Crippen molar-refractivity contribution < 1.29 is 0 Å². The van der Waals surface area contributed by atoms with Crippen LogP contribution in [0.3, 0.4) is 0 Å². The maximum atomic E-state index is 5.94. The molecule has 2 rings (SSSR count). The van der Waals surface area contributed by atoms with Gasteiger partial charge in [-0.2, -0.15) is 0 Å². The number of nitrogens with two attached hydrogens (primary N) is 1. The van der Waals surface area contributed by atoms with E-state index in [-0.39, 0.29) is 0 Å². The fourth-order valence-corrected chi connectivity index (χ4v) is 3.68. The zero-order valence-corrected chi connectivity index (χ0v) is 15.2. The first-order valence-electron chi connectivity index (χ1n) is 6.17. The Hall–Kier alpha value is -0.590. The summed E-state index contributed by atoms with van der Waals surface area (Å²) in [6.07, 6.45) is 0. The van der Waals surface area contributed by atoms with Crippen LogP contribution in [0.15, 0.2) is 38.1 Å². The largest absolute Gasteiger partial charge is 0.383 e. The van der Waals surface area contributed by atoms with Crippen molar-refractivity contribution in [3.8, 4) is 0 Å². The standard InChI is InChI=1S/C14H15Br2N3S/c1-8(2)13-12(16)14(17)19-11(18-13)7-20-10-5-3-4-9(15)6-10/h3-6,8H,7H2,1-2H3,(H2,17,18,19). The van der Waals surface area contributed by atoms with Gasteiger partial charge in [-0.05, 0) is 40.0 Å². The maximum absolute atomic E-state index is 5.94. The lowest BCUT2D eigenvalue weighted by molar-refractivity contribution is 0.794. The molecular formula is C14H15Br2N3S. The summed E-state index contributed by atoms with van der Waals surface area (Å²) in [4.78, 5) is 10.1. The number of hydrogen-bond acceptors (Lipinski definition) is 4. The van der Waals surface area contributed by atoms with Crippen molar-refractivity contribution in [1.82, 2.24) is 9.97 Å². The van der Waals surface area contributed by atoms with Crippen LogP contribution < -0.4 is 5.73 Å². The summed E-state index contributed by atoms with van der Waals surface area (Å²) in [7, 11) is 0. The third kappa shape index (κ3) is 3.96. The highest BCUT2D eigenvalue weighted by Crippen LogP contribution is 2.29. The second kappa shape index (κ2) is 6.91. The van der Waals surface area contributed by atoms with Crippen molar-refractivity contribution in [1.29, 1.82) is 0 Å². The van der Waals surface area contributed by atoms with E-state index in [9.17, 15) is 0 Å². The Bertz CT molecular complexity index is 617. The topological polar surface area (TPSA) is 51.8 Å². The Balaban J connectivity index is 2.18. The van der Waals surface area contributed by atoms with E-state index < -0.39 is 0 Å². The number of nitrogens with zero attached hydrogens (tertiary/aromatic N) is 2. The van der Waals surface area contributed by atoms with Crippen LogP contribution >= 0.6 is 43.6 Å². The number of thioether (sulfide) groups is 1. The highest BCUT2D eigenvalue weighted by molar-refractivity contribution is 9.11. The van der Waals surface area contributed by atoms with Crippen molar-refractivity contribution in [3.05, 3.63) is 44.7 Å². The van der Waals surface area contributed by atoms with Gasteiger partial charge >= 0.3 is 0 Å². The minimum atomic E-state index is 0.310. The number of rotatable bonds is 4. The fourth-order valence-electron chi connectivity index (χ4n) is 1.68. The van der Waals surface area contributed by atoms with Crippen LogP contribution in [0.5, 0.6) is 0 Å². The van der Waals surface area contributed by atoms with Gasteiger partial charge in [-0.3, -0.25) is 0 Å². The Morgan fingerprint density at radius 2 is 2.00 bits per heavy atom. The minimum absolute atomic E-state index is 0.310. The molecule has 3 nitrogen and oxygen atoms in total. The molecule has 106 valence electrons. The molecule has 20 heavy (non-hydrogen) atoms. The number of nitrogen functional groups attached to an aromatic ring is 1. The molecule has 0 radical (unpaired) electrons. The molecule has 6 heteroatoms. The number of anilines is 1. The third-order valence-corrected chi connectivity index (χ3v) is 4.96. The highest BCUT2D eigenvalue weighted by Gasteiger charge is 2.13. The normalized spacial score (nSPS) is 11.1. The molecule has 0 aliphatic heterocycles. The second-order valence-electron chi connectivity index (χ2n) is 4.63. The van der Waals surface area contributed by atoms with Crippen molar-refractivity contribution >= 4 is 49.4 Å². The lowest BCUT2D eigenvalue weighted by Gasteiger charge is -2.11. The van der Waals surface area contributed by atoms with E-state index in [4.69, 9.17) is 5.73 Å². The van der Waals surface area contributed by atoms with Gasteiger partial charge < -0.3 is 5.73 Å². The second-order valence-corrected chi connectivity index (χ2v) is 7.38. The summed E-state index contributed by atoms with van der Waals surface area (Å²) in [6, 6.07) is 8.18. The molecule has 0 unspecified atom stereocenters. The van der Waals surface area contributed by atoms with E-state index in [1.165, 1.54) is 4.90 Å². The molecule has 1 heterocycles. The van der Waals surface area contributed by atoms with E-state index in [0.717, 1.165) is 20.5 Å². The first-order chi connectivity index (χ1) is 9.47. The van der Waals surface area contributed by atoms with Crippen LogP contribution in [0, 0.1) is 0 Å².